The maximum absolute atomic E-state index is 5.52. The number of piperidine rings is 1. The van der Waals surface area contributed by atoms with Gasteiger partial charge in [0.15, 0.2) is 0 Å². The van der Waals surface area contributed by atoms with Gasteiger partial charge in [-0.3, -0.25) is 4.90 Å². The van der Waals surface area contributed by atoms with Crippen molar-refractivity contribution < 1.29 is 4.74 Å². The molecule has 3 rings (SSSR count). The van der Waals surface area contributed by atoms with Crippen LogP contribution < -0.4 is 10.1 Å². The maximum atomic E-state index is 5.52. The Hall–Kier alpha value is -2.10. The van der Waals surface area contributed by atoms with E-state index in [0.29, 0.717) is 12.6 Å². The molecule has 0 aliphatic carbocycles. The highest BCUT2D eigenvalue weighted by Gasteiger charge is 2.18. The lowest BCUT2D eigenvalue weighted by Crippen LogP contribution is -2.41. The fourth-order valence-electron chi connectivity index (χ4n) is 3.26. The van der Waals surface area contributed by atoms with Crippen LogP contribution in [0.2, 0.25) is 0 Å². The number of likely N-dealkylation sites (tertiary alicyclic amines) is 1. The lowest BCUT2D eigenvalue weighted by atomic mass is 10.0. The van der Waals surface area contributed by atoms with Crippen LogP contribution in [0.15, 0.2) is 67.3 Å². The third-order valence-corrected chi connectivity index (χ3v) is 4.72. The first-order valence-electron chi connectivity index (χ1n) is 9.16. The van der Waals surface area contributed by atoms with Gasteiger partial charge in [0.05, 0.1) is 0 Å². The molecule has 3 nitrogen and oxygen atoms in total. The minimum atomic E-state index is 0.555. The summed E-state index contributed by atoms with van der Waals surface area (Å²) in [5.41, 5.74) is 2.71. The first kappa shape index (κ1) is 17.7. The monoisotopic (exact) mass is 336 g/mol. The molecular weight excluding hydrogens is 308 g/mol. The molecule has 0 spiro atoms. The lowest BCUT2D eigenvalue weighted by Gasteiger charge is -2.32. The molecule has 0 aromatic heterocycles. The summed E-state index contributed by atoms with van der Waals surface area (Å²) >= 11 is 0. The number of ether oxygens (including phenoxy) is 1. The summed E-state index contributed by atoms with van der Waals surface area (Å²) in [4.78, 5) is 2.55. The second-order valence-corrected chi connectivity index (χ2v) is 6.66. The second kappa shape index (κ2) is 9.40. The Kier molecular flexibility index (Phi) is 6.66. The predicted molar refractivity (Wildman–Crippen MR) is 104 cm³/mol. The zero-order valence-electron chi connectivity index (χ0n) is 14.9. The van der Waals surface area contributed by atoms with Crippen molar-refractivity contribution in [1.29, 1.82) is 0 Å². The Labute approximate surface area is 151 Å². The number of hydrogen-bond acceptors (Lipinski definition) is 3. The summed E-state index contributed by atoms with van der Waals surface area (Å²) in [7, 11) is 0. The van der Waals surface area contributed by atoms with Crippen LogP contribution in [-0.2, 0) is 13.1 Å². The number of hydrogen-bond donors (Lipinski definition) is 1. The van der Waals surface area contributed by atoms with E-state index in [1.165, 1.54) is 37.1 Å². The first-order valence-corrected chi connectivity index (χ1v) is 9.16. The number of rotatable bonds is 8. The molecule has 2 aromatic rings. The molecule has 3 heteroatoms. The van der Waals surface area contributed by atoms with Gasteiger partial charge in [0.2, 0.25) is 0 Å². The van der Waals surface area contributed by atoms with Crippen molar-refractivity contribution in [3.05, 3.63) is 78.4 Å². The molecule has 1 fully saturated rings. The van der Waals surface area contributed by atoms with Gasteiger partial charge in [-0.2, -0.15) is 0 Å². The Bertz CT molecular complexity index is 631. The highest BCUT2D eigenvalue weighted by atomic mass is 16.5. The summed E-state index contributed by atoms with van der Waals surface area (Å²) in [6.45, 7) is 8.55. The summed E-state index contributed by atoms with van der Waals surface area (Å²) in [5.74, 6) is 0.901. The quantitative estimate of drug-likeness (QED) is 0.737. The third-order valence-electron chi connectivity index (χ3n) is 4.72. The molecule has 0 saturated carbocycles. The summed E-state index contributed by atoms with van der Waals surface area (Å²) < 4.78 is 5.52. The SMILES string of the molecule is C=CCOc1ccc(CNC2CCN(Cc3ccccc3)CC2)cc1. The van der Waals surface area contributed by atoms with Crippen molar-refractivity contribution in [2.24, 2.45) is 0 Å². The average molecular weight is 336 g/mol. The van der Waals surface area contributed by atoms with Crippen molar-refractivity contribution in [3.63, 3.8) is 0 Å². The molecule has 1 N–H and O–H groups in total. The smallest absolute Gasteiger partial charge is 0.119 e. The summed E-state index contributed by atoms with van der Waals surface area (Å²) in [6, 6.07) is 19.7. The van der Waals surface area contributed by atoms with Crippen molar-refractivity contribution in [2.45, 2.75) is 32.0 Å². The maximum Gasteiger partial charge on any atom is 0.119 e. The summed E-state index contributed by atoms with van der Waals surface area (Å²) in [6.07, 6.45) is 4.19. The van der Waals surface area contributed by atoms with E-state index >= 15 is 0 Å². The lowest BCUT2D eigenvalue weighted by molar-refractivity contribution is 0.190. The van der Waals surface area contributed by atoms with E-state index < -0.39 is 0 Å². The molecule has 1 aliphatic heterocycles. The number of nitrogens with zero attached hydrogens (tertiary/aromatic N) is 1. The van der Waals surface area contributed by atoms with Crippen LogP contribution in [0, 0.1) is 0 Å². The number of benzene rings is 2. The fourth-order valence-corrected chi connectivity index (χ4v) is 3.26. The van der Waals surface area contributed by atoms with Crippen LogP contribution >= 0.6 is 0 Å². The highest BCUT2D eigenvalue weighted by Crippen LogP contribution is 2.16. The van der Waals surface area contributed by atoms with Gasteiger partial charge in [0, 0.05) is 19.1 Å². The minimum absolute atomic E-state index is 0.555. The van der Waals surface area contributed by atoms with Gasteiger partial charge < -0.3 is 10.1 Å². The molecule has 25 heavy (non-hydrogen) atoms. The van der Waals surface area contributed by atoms with Crippen molar-refractivity contribution in [1.82, 2.24) is 10.2 Å². The molecular formula is C22H28N2O. The van der Waals surface area contributed by atoms with E-state index in [4.69, 9.17) is 4.74 Å². The van der Waals surface area contributed by atoms with Crippen LogP contribution in [0.3, 0.4) is 0 Å². The van der Waals surface area contributed by atoms with Gasteiger partial charge in [0.25, 0.3) is 0 Å². The fraction of sp³-hybridized carbons (Fsp3) is 0.364. The van der Waals surface area contributed by atoms with E-state index in [9.17, 15) is 0 Å². The van der Waals surface area contributed by atoms with E-state index in [0.717, 1.165) is 18.8 Å². The molecule has 0 unspecified atom stereocenters. The molecule has 2 aromatic carbocycles. The average Bonchev–Trinajstić information content (AvgIpc) is 2.67. The Balaban J connectivity index is 1.38. The predicted octanol–water partition coefficient (Wildman–Crippen LogP) is 4.01. The van der Waals surface area contributed by atoms with Gasteiger partial charge in [-0.1, -0.05) is 55.1 Å². The van der Waals surface area contributed by atoms with Gasteiger partial charge >= 0.3 is 0 Å². The van der Waals surface area contributed by atoms with Gasteiger partial charge in [0.1, 0.15) is 12.4 Å². The van der Waals surface area contributed by atoms with E-state index in [2.05, 4.69) is 59.3 Å². The first-order chi connectivity index (χ1) is 12.3. The topological polar surface area (TPSA) is 24.5 Å². The molecule has 0 atom stereocenters. The summed E-state index contributed by atoms with van der Waals surface area (Å²) in [5, 5.41) is 3.70. The molecule has 1 heterocycles. The standard InChI is InChI=1S/C22H28N2O/c1-2-16-25-22-10-8-19(9-11-22)17-23-21-12-14-24(15-13-21)18-20-6-4-3-5-7-20/h2-11,21,23H,1,12-18H2. The van der Waals surface area contributed by atoms with Crippen molar-refractivity contribution in [3.8, 4) is 5.75 Å². The van der Waals surface area contributed by atoms with Gasteiger partial charge in [-0.15, -0.1) is 0 Å². The Morgan fingerprint density at radius 2 is 1.72 bits per heavy atom. The second-order valence-electron chi connectivity index (χ2n) is 6.66. The van der Waals surface area contributed by atoms with E-state index in [1.807, 2.05) is 12.1 Å². The third kappa shape index (κ3) is 5.73. The minimum Gasteiger partial charge on any atom is -0.490 e. The highest BCUT2D eigenvalue weighted by molar-refractivity contribution is 5.27. The zero-order chi connectivity index (χ0) is 17.3. The van der Waals surface area contributed by atoms with Crippen molar-refractivity contribution in [2.75, 3.05) is 19.7 Å². The van der Waals surface area contributed by atoms with Crippen LogP contribution in [0.1, 0.15) is 24.0 Å². The Morgan fingerprint density at radius 1 is 1.00 bits per heavy atom. The number of nitrogens with one attached hydrogen (secondary N) is 1. The molecule has 1 saturated heterocycles. The molecule has 0 bridgehead atoms. The van der Waals surface area contributed by atoms with Crippen LogP contribution in [-0.4, -0.2) is 30.6 Å². The largest absolute Gasteiger partial charge is 0.490 e. The van der Waals surface area contributed by atoms with Crippen LogP contribution in [0.25, 0.3) is 0 Å². The Morgan fingerprint density at radius 3 is 2.40 bits per heavy atom. The van der Waals surface area contributed by atoms with E-state index in [1.54, 1.807) is 6.08 Å². The van der Waals surface area contributed by atoms with Gasteiger partial charge in [-0.25, -0.2) is 0 Å². The van der Waals surface area contributed by atoms with E-state index in [-0.39, 0.29) is 0 Å². The molecule has 1 aliphatic rings. The van der Waals surface area contributed by atoms with Crippen LogP contribution in [0.5, 0.6) is 5.75 Å². The van der Waals surface area contributed by atoms with Crippen molar-refractivity contribution >= 4 is 0 Å². The molecule has 0 amide bonds. The zero-order valence-corrected chi connectivity index (χ0v) is 14.9. The molecule has 0 radical (unpaired) electrons. The van der Waals surface area contributed by atoms with Gasteiger partial charge in [-0.05, 0) is 49.2 Å². The van der Waals surface area contributed by atoms with Crippen LogP contribution in [0.4, 0.5) is 0 Å². The molecule has 132 valence electrons. The normalized spacial score (nSPS) is 15.8.